The first kappa shape index (κ1) is 28.8. The summed E-state index contributed by atoms with van der Waals surface area (Å²) in [5.74, 6) is 0.603. The molecule has 36 heavy (non-hydrogen) atoms. The maximum absolute atomic E-state index is 13.2. The Morgan fingerprint density at radius 1 is 1.00 bits per heavy atom. The third-order valence-corrected chi connectivity index (χ3v) is 4.20. The van der Waals surface area contributed by atoms with Crippen molar-refractivity contribution >= 4 is 37.3 Å². The number of halogens is 1. The first-order chi connectivity index (χ1) is 16.5. The minimum atomic E-state index is -3.67. The SMILES string of the molecule is CC(C)Cn1c(N)nc2ccc(-c3c[nH]nc3-c3ccc(F)cc3)nc21.CS(=O)(=O)O.CS(=O)(=O)O. The molecule has 0 atom stereocenters. The molecule has 0 bridgehead atoms. The molecule has 0 radical (unpaired) electrons. The van der Waals surface area contributed by atoms with Crippen LogP contribution in [-0.4, -0.2) is 63.2 Å². The van der Waals surface area contributed by atoms with Gasteiger partial charge in [-0.3, -0.25) is 18.8 Å². The minimum Gasteiger partial charge on any atom is -0.369 e. The van der Waals surface area contributed by atoms with Gasteiger partial charge in [0.05, 0.1) is 18.2 Å². The van der Waals surface area contributed by atoms with Crippen molar-refractivity contribution in [2.75, 3.05) is 18.2 Å². The summed E-state index contributed by atoms with van der Waals surface area (Å²) in [5.41, 5.74) is 10.7. The van der Waals surface area contributed by atoms with Gasteiger partial charge in [-0.1, -0.05) is 13.8 Å². The molecule has 3 heterocycles. The number of nitrogens with one attached hydrogen (secondary N) is 1. The van der Waals surface area contributed by atoms with E-state index in [9.17, 15) is 21.2 Å². The molecule has 4 aromatic rings. The fourth-order valence-electron chi connectivity index (χ4n) is 3.03. The highest BCUT2D eigenvalue weighted by molar-refractivity contribution is 7.85. The molecule has 0 saturated carbocycles. The first-order valence-corrected chi connectivity index (χ1v) is 14.0. The van der Waals surface area contributed by atoms with Crippen LogP contribution < -0.4 is 5.73 Å². The Labute approximate surface area is 207 Å². The summed E-state index contributed by atoms with van der Waals surface area (Å²) in [7, 11) is -7.33. The van der Waals surface area contributed by atoms with E-state index >= 15 is 0 Å². The molecule has 0 aliphatic rings. The monoisotopic (exact) mass is 542 g/mol. The number of hydrogen-bond acceptors (Lipinski definition) is 8. The number of aromatic nitrogens is 5. The lowest BCUT2D eigenvalue weighted by Crippen LogP contribution is -2.08. The van der Waals surface area contributed by atoms with Crippen molar-refractivity contribution in [3.63, 3.8) is 0 Å². The number of anilines is 1. The highest BCUT2D eigenvalue weighted by atomic mass is 32.2. The van der Waals surface area contributed by atoms with Crippen LogP contribution in [0.25, 0.3) is 33.7 Å². The fourth-order valence-corrected chi connectivity index (χ4v) is 3.03. The van der Waals surface area contributed by atoms with Crippen molar-refractivity contribution in [1.82, 2.24) is 24.7 Å². The molecule has 15 heteroatoms. The molecular weight excluding hydrogens is 515 g/mol. The molecule has 3 aromatic heterocycles. The van der Waals surface area contributed by atoms with Crippen LogP contribution in [0.3, 0.4) is 0 Å². The Bertz CT molecular complexity index is 1480. The van der Waals surface area contributed by atoms with Crippen molar-refractivity contribution in [2.24, 2.45) is 5.92 Å². The summed E-state index contributed by atoms with van der Waals surface area (Å²) >= 11 is 0. The molecule has 5 N–H and O–H groups in total. The number of nitrogens with two attached hydrogens (primary N) is 1. The van der Waals surface area contributed by atoms with Gasteiger partial charge < -0.3 is 5.73 Å². The lowest BCUT2D eigenvalue weighted by molar-refractivity contribution is 0.488. The van der Waals surface area contributed by atoms with E-state index in [4.69, 9.17) is 19.8 Å². The number of rotatable bonds is 4. The Morgan fingerprint density at radius 2 is 1.56 bits per heavy atom. The lowest BCUT2D eigenvalue weighted by Gasteiger charge is -2.09. The van der Waals surface area contributed by atoms with Gasteiger partial charge in [0, 0.05) is 23.9 Å². The van der Waals surface area contributed by atoms with Crippen LogP contribution in [-0.2, 0) is 26.8 Å². The van der Waals surface area contributed by atoms with Crippen molar-refractivity contribution in [1.29, 1.82) is 0 Å². The highest BCUT2D eigenvalue weighted by Gasteiger charge is 2.16. The summed E-state index contributed by atoms with van der Waals surface area (Å²) < 4.78 is 66.9. The van der Waals surface area contributed by atoms with E-state index in [1.165, 1.54) is 12.1 Å². The molecule has 196 valence electrons. The van der Waals surface area contributed by atoms with E-state index in [0.717, 1.165) is 40.2 Å². The number of aromatic amines is 1. The predicted octanol–water partition coefficient (Wildman–Crippen LogP) is 2.87. The van der Waals surface area contributed by atoms with Gasteiger partial charge in [-0.15, -0.1) is 0 Å². The molecule has 0 amide bonds. The Morgan fingerprint density at radius 3 is 2.08 bits per heavy atom. The van der Waals surface area contributed by atoms with E-state index < -0.39 is 20.2 Å². The van der Waals surface area contributed by atoms with Gasteiger partial charge in [-0.05, 0) is 42.3 Å². The average molecular weight is 543 g/mol. The van der Waals surface area contributed by atoms with Crippen LogP contribution in [0, 0.1) is 11.7 Å². The number of nitrogen functional groups attached to an aromatic ring is 1. The summed E-state index contributed by atoms with van der Waals surface area (Å²) in [6, 6.07) is 10.0. The molecule has 12 nitrogen and oxygen atoms in total. The second-order valence-corrected chi connectivity index (χ2v) is 11.1. The second-order valence-electron chi connectivity index (χ2n) is 8.13. The normalized spacial score (nSPS) is 11.6. The van der Waals surface area contributed by atoms with Crippen molar-refractivity contribution < 1.29 is 30.3 Å². The number of nitrogens with zero attached hydrogens (tertiary/aromatic N) is 4. The Balaban J connectivity index is 0.000000389. The van der Waals surface area contributed by atoms with Crippen molar-refractivity contribution in [3.8, 4) is 22.5 Å². The standard InChI is InChI=1S/C19H19FN6.2CH4O3S/c1-11(2)10-26-18-16(24-19(26)21)8-7-15(23-18)14-9-22-25-17(14)12-3-5-13(20)6-4-12;2*1-5(2,3)4/h3-9,11H,10H2,1-2H3,(H2,21,24)(H,22,25);2*1H3,(H,2,3,4). The molecule has 0 saturated heterocycles. The largest absolute Gasteiger partial charge is 0.369 e. The van der Waals surface area contributed by atoms with Crippen molar-refractivity contribution in [2.45, 2.75) is 20.4 Å². The van der Waals surface area contributed by atoms with Crippen LogP contribution in [0.15, 0.2) is 42.6 Å². The Kier molecular flexibility index (Phi) is 9.26. The van der Waals surface area contributed by atoms with E-state index in [0.29, 0.717) is 24.4 Å². The maximum Gasteiger partial charge on any atom is 0.261 e. The molecule has 0 spiro atoms. The number of imidazole rings is 1. The highest BCUT2D eigenvalue weighted by Crippen LogP contribution is 2.30. The van der Waals surface area contributed by atoms with Crippen LogP contribution in [0.1, 0.15) is 13.8 Å². The van der Waals surface area contributed by atoms with Gasteiger partial charge in [0.25, 0.3) is 20.2 Å². The van der Waals surface area contributed by atoms with E-state index in [1.54, 1.807) is 18.3 Å². The number of H-pyrrole nitrogens is 1. The summed E-state index contributed by atoms with van der Waals surface area (Å²) in [5, 5.41) is 7.19. The third kappa shape index (κ3) is 9.33. The zero-order chi connectivity index (χ0) is 27.3. The number of fused-ring (bicyclic) bond motifs is 1. The van der Waals surface area contributed by atoms with Gasteiger partial charge in [-0.25, -0.2) is 14.4 Å². The van der Waals surface area contributed by atoms with Gasteiger partial charge in [-0.2, -0.15) is 21.9 Å². The molecule has 4 rings (SSSR count). The van der Waals surface area contributed by atoms with Crippen LogP contribution >= 0.6 is 0 Å². The van der Waals surface area contributed by atoms with Gasteiger partial charge in [0.15, 0.2) is 5.65 Å². The lowest BCUT2D eigenvalue weighted by atomic mass is 10.1. The molecular formula is C21H27FN6O6S2. The topological polar surface area (TPSA) is 194 Å². The number of hydrogen-bond donors (Lipinski definition) is 4. The van der Waals surface area contributed by atoms with Crippen molar-refractivity contribution in [3.05, 3.63) is 48.4 Å². The number of pyridine rings is 1. The minimum absolute atomic E-state index is 0.279. The summed E-state index contributed by atoms with van der Waals surface area (Å²) in [4.78, 5) is 9.17. The van der Waals surface area contributed by atoms with Crippen LogP contribution in [0.4, 0.5) is 10.3 Å². The average Bonchev–Trinajstić information content (AvgIpc) is 3.31. The van der Waals surface area contributed by atoms with E-state index in [2.05, 4.69) is 29.0 Å². The smallest absolute Gasteiger partial charge is 0.261 e. The van der Waals surface area contributed by atoms with Gasteiger partial charge in [0.2, 0.25) is 5.95 Å². The molecule has 0 fully saturated rings. The first-order valence-electron chi connectivity index (χ1n) is 10.3. The number of benzene rings is 1. The summed E-state index contributed by atoms with van der Waals surface area (Å²) in [6.45, 7) is 4.99. The van der Waals surface area contributed by atoms with Crippen LogP contribution in [0.5, 0.6) is 0 Å². The fraction of sp³-hybridized carbons (Fsp3) is 0.286. The summed E-state index contributed by atoms with van der Waals surface area (Å²) in [6.07, 6.45) is 3.22. The molecule has 0 aliphatic carbocycles. The molecule has 1 aromatic carbocycles. The van der Waals surface area contributed by atoms with Gasteiger partial charge in [0.1, 0.15) is 17.0 Å². The predicted molar refractivity (Wildman–Crippen MR) is 135 cm³/mol. The Hall–Kier alpha value is -3.40. The maximum atomic E-state index is 13.2. The quantitative estimate of drug-likeness (QED) is 0.278. The van der Waals surface area contributed by atoms with E-state index in [1.807, 2.05) is 16.7 Å². The molecule has 0 aliphatic heterocycles. The zero-order valence-electron chi connectivity index (χ0n) is 19.9. The zero-order valence-corrected chi connectivity index (χ0v) is 21.5. The second kappa shape index (κ2) is 11.6. The van der Waals surface area contributed by atoms with E-state index in [-0.39, 0.29) is 5.82 Å². The third-order valence-electron chi connectivity index (χ3n) is 4.20. The van der Waals surface area contributed by atoms with Gasteiger partial charge >= 0.3 is 0 Å². The molecule has 0 unspecified atom stereocenters. The van der Waals surface area contributed by atoms with Crippen LogP contribution in [0.2, 0.25) is 0 Å².